The highest BCUT2D eigenvalue weighted by Crippen LogP contribution is 2.30. The molecule has 1 fully saturated rings. The zero-order valence-electron chi connectivity index (χ0n) is 16.4. The Morgan fingerprint density at radius 3 is 2.66 bits per heavy atom. The summed E-state index contributed by atoms with van der Waals surface area (Å²) in [5.41, 5.74) is 1.92. The first-order chi connectivity index (χ1) is 14.1. The quantitative estimate of drug-likeness (QED) is 0.510. The van der Waals surface area contributed by atoms with Crippen molar-refractivity contribution in [1.29, 1.82) is 0 Å². The van der Waals surface area contributed by atoms with Gasteiger partial charge in [0, 0.05) is 26.1 Å². The van der Waals surface area contributed by atoms with Crippen LogP contribution in [0.2, 0.25) is 0 Å². The summed E-state index contributed by atoms with van der Waals surface area (Å²) in [4.78, 5) is 39.1. The first-order valence-corrected chi connectivity index (χ1v) is 10.6. The molecule has 2 N–H and O–H groups in total. The maximum atomic E-state index is 12.4. The fourth-order valence-corrected chi connectivity index (χ4v) is 3.91. The summed E-state index contributed by atoms with van der Waals surface area (Å²) in [6, 6.07) is 8.83. The van der Waals surface area contributed by atoms with E-state index in [1.165, 1.54) is 18.4 Å². The van der Waals surface area contributed by atoms with Crippen LogP contribution in [0.3, 0.4) is 0 Å². The molecule has 0 bridgehead atoms. The van der Waals surface area contributed by atoms with E-state index in [-0.39, 0.29) is 18.2 Å². The Morgan fingerprint density at radius 1 is 1.17 bits per heavy atom. The van der Waals surface area contributed by atoms with Gasteiger partial charge in [0.05, 0.1) is 28.9 Å². The van der Waals surface area contributed by atoms with Gasteiger partial charge in [-0.25, -0.2) is 4.79 Å². The highest BCUT2D eigenvalue weighted by molar-refractivity contribution is 7.12. The van der Waals surface area contributed by atoms with E-state index < -0.39 is 5.97 Å². The van der Waals surface area contributed by atoms with E-state index in [1.807, 2.05) is 17.5 Å². The van der Waals surface area contributed by atoms with Gasteiger partial charge in [-0.15, -0.1) is 11.3 Å². The Bertz CT molecular complexity index is 861. The number of amides is 2. The molecule has 0 spiro atoms. The van der Waals surface area contributed by atoms with Gasteiger partial charge in [-0.2, -0.15) is 0 Å². The monoisotopic (exact) mass is 415 g/mol. The lowest BCUT2D eigenvalue weighted by Gasteiger charge is -2.22. The van der Waals surface area contributed by atoms with Crippen LogP contribution >= 0.6 is 11.3 Å². The van der Waals surface area contributed by atoms with E-state index in [0.29, 0.717) is 29.1 Å². The maximum Gasteiger partial charge on any atom is 0.337 e. The summed E-state index contributed by atoms with van der Waals surface area (Å²) in [7, 11) is 1.33. The predicted octanol–water partition coefficient (Wildman–Crippen LogP) is 3.28. The van der Waals surface area contributed by atoms with Gasteiger partial charge in [0.25, 0.3) is 5.91 Å². The number of benzene rings is 1. The average molecular weight is 416 g/mol. The van der Waals surface area contributed by atoms with Crippen LogP contribution in [-0.2, 0) is 9.53 Å². The minimum absolute atomic E-state index is 0.123. The fourth-order valence-electron chi connectivity index (χ4n) is 3.27. The summed E-state index contributed by atoms with van der Waals surface area (Å²) >= 11 is 1.38. The Morgan fingerprint density at radius 2 is 1.97 bits per heavy atom. The van der Waals surface area contributed by atoms with Gasteiger partial charge in [0.2, 0.25) is 5.91 Å². The van der Waals surface area contributed by atoms with Crippen LogP contribution in [0.25, 0.3) is 0 Å². The number of thiophene rings is 1. The fraction of sp³-hybridized carbons (Fsp3) is 0.381. The molecule has 0 saturated carbocycles. The summed E-state index contributed by atoms with van der Waals surface area (Å²) in [5, 5.41) is 7.59. The molecule has 7 nitrogen and oxygen atoms in total. The first kappa shape index (κ1) is 20.9. The normalized spacial score (nSPS) is 13.2. The second-order valence-electron chi connectivity index (χ2n) is 6.80. The number of hydrogen-bond donors (Lipinski definition) is 2. The van der Waals surface area contributed by atoms with Crippen LogP contribution in [0.1, 0.15) is 45.7 Å². The van der Waals surface area contributed by atoms with Crippen molar-refractivity contribution in [3.8, 4) is 0 Å². The third kappa shape index (κ3) is 5.57. The summed E-state index contributed by atoms with van der Waals surface area (Å²) in [6.07, 6.45) is 3.01. The van der Waals surface area contributed by atoms with Gasteiger partial charge >= 0.3 is 5.97 Å². The Balaban J connectivity index is 1.57. The molecule has 1 aliphatic rings. The number of esters is 1. The second kappa shape index (κ2) is 10.1. The van der Waals surface area contributed by atoms with Crippen LogP contribution in [0, 0.1) is 0 Å². The van der Waals surface area contributed by atoms with E-state index in [4.69, 9.17) is 4.74 Å². The van der Waals surface area contributed by atoms with Crippen molar-refractivity contribution in [3.05, 3.63) is 46.2 Å². The Kier molecular flexibility index (Phi) is 7.24. The third-order valence-corrected chi connectivity index (χ3v) is 5.62. The van der Waals surface area contributed by atoms with Crippen molar-refractivity contribution >= 4 is 40.5 Å². The van der Waals surface area contributed by atoms with Gasteiger partial charge in [-0.05, 0) is 48.9 Å². The molecule has 2 aromatic rings. The molecule has 154 valence electrons. The number of methoxy groups -OCH3 is 1. The lowest BCUT2D eigenvalue weighted by atomic mass is 10.1. The van der Waals surface area contributed by atoms with Crippen LogP contribution in [0.15, 0.2) is 35.7 Å². The molecule has 8 heteroatoms. The zero-order chi connectivity index (χ0) is 20.6. The molecule has 0 radical (unpaired) electrons. The minimum Gasteiger partial charge on any atom is -0.465 e. The Hall–Kier alpha value is -2.87. The number of nitrogens with one attached hydrogen (secondary N) is 2. The number of rotatable bonds is 8. The van der Waals surface area contributed by atoms with Crippen LogP contribution in [0.4, 0.5) is 11.4 Å². The number of carbonyl (C=O) groups excluding carboxylic acids is 3. The number of nitrogens with zero attached hydrogens (tertiary/aromatic N) is 1. The molecule has 0 atom stereocenters. The van der Waals surface area contributed by atoms with Gasteiger partial charge in [0.1, 0.15) is 0 Å². The van der Waals surface area contributed by atoms with Crippen molar-refractivity contribution in [1.82, 2.24) is 5.32 Å². The smallest absolute Gasteiger partial charge is 0.337 e. The molecule has 2 amide bonds. The van der Waals surface area contributed by atoms with Gasteiger partial charge in [0.15, 0.2) is 0 Å². The number of carbonyl (C=O) groups is 3. The topological polar surface area (TPSA) is 87.7 Å². The lowest BCUT2D eigenvalue weighted by molar-refractivity contribution is -0.116. The van der Waals surface area contributed by atoms with Gasteiger partial charge < -0.3 is 20.3 Å². The first-order valence-electron chi connectivity index (χ1n) is 9.67. The highest BCUT2D eigenvalue weighted by Gasteiger charge is 2.19. The Labute approximate surface area is 174 Å². The highest BCUT2D eigenvalue weighted by atomic mass is 32.1. The van der Waals surface area contributed by atoms with Crippen molar-refractivity contribution in [2.75, 3.05) is 37.0 Å². The van der Waals surface area contributed by atoms with Crippen LogP contribution < -0.4 is 15.5 Å². The molecule has 1 aliphatic heterocycles. The minimum atomic E-state index is -0.440. The van der Waals surface area contributed by atoms with Crippen LogP contribution in [-0.4, -0.2) is 44.5 Å². The molecule has 1 aromatic carbocycles. The predicted molar refractivity (Wildman–Crippen MR) is 114 cm³/mol. The molecule has 1 saturated heterocycles. The lowest BCUT2D eigenvalue weighted by Crippen LogP contribution is -2.25. The molecule has 3 rings (SSSR count). The van der Waals surface area contributed by atoms with E-state index in [2.05, 4.69) is 15.5 Å². The van der Waals surface area contributed by atoms with E-state index >= 15 is 0 Å². The van der Waals surface area contributed by atoms with Crippen molar-refractivity contribution < 1.29 is 19.1 Å². The molecular weight excluding hydrogens is 390 g/mol. The van der Waals surface area contributed by atoms with E-state index in [0.717, 1.165) is 31.6 Å². The molecule has 0 aliphatic carbocycles. The summed E-state index contributed by atoms with van der Waals surface area (Å²) in [5.74, 6) is -0.717. The van der Waals surface area contributed by atoms with Crippen molar-refractivity contribution in [2.45, 2.75) is 25.7 Å². The molecule has 1 aromatic heterocycles. The van der Waals surface area contributed by atoms with Gasteiger partial charge in [-0.3, -0.25) is 9.59 Å². The van der Waals surface area contributed by atoms with Crippen LogP contribution in [0.5, 0.6) is 0 Å². The maximum absolute atomic E-state index is 12.4. The third-order valence-electron chi connectivity index (χ3n) is 4.75. The standard InChI is InChI=1S/C21H25N3O4S/c1-28-21(27)15-8-9-17(24-11-2-3-12-24)16(14-15)23-19(25)7-4-10-22-20(26)18-6-5-13-29-18/h5-6,8-9,13-14H,2-4,7,10-12H2,1H3,(H,22,26)(H,23,25). The number of hydrogen-bond acceptors (Lipinski definition) is 6. The zero-order valence-corrected chi connectivity index (χ0v) is 17.2. The van der Waals surface area contributed by atoms with Crippen molar-refractivity contribution in [3.63, 3.8) is 0 Å². The largest absolute Gasteiger partial charge is 0.465 e. The number of ether oxygens (including phenoxy) is 1. The van der Waals surface area contributed by atoms with Gasteiger partial charge in [-0.1, -0.05) is 6.07 Å². The summed E-state index contributed by atoms with van der Waals surface area (Å²) < 4.78 is 4.79. The average Bonchev–Trinajstić information content (AvgIpc) is 3.44. The van der Waals surface area contributed by atoms with E-state index in [9.17, 15) is 14.4 Å². The molecule has 29 heavy (non-hydrogen) atoms. The number of anilines is 2. The molecular formula is C21H25N3O4S. The van der Waals surface area contributed by atoms with Crippen molar-refractivity contribution in [2.24, 2.45) is 0 Å². The van der Waals surface area contributed by atoms with E-state index in [1.54, 1.807) is 18.2 Å². The SMILES string of the molecule is COC(=O)c1ccc(N2CCCC2)c(NC(=O)CCCNC(=O)c2cccs2)c1. The second-order valence-corrected chi connectivity index (χ2v) is 7.75. The molecule has 0 unspecified atom stereocenters. The summed E-state index contributed by atoms with van der Waals surface area (Å²) in [6.45, 7) is 2.27. The molecule has 2 heterocycles.